The highest BCUT2D eigenvalue weighted by Crippen LogP contribution is 2.15. The van der Waals surface area contributed by atoms with Crippen molar-refractivity contribution in [3.8, 4) is 0 Å². The van der Waals surface area contributed by atoms with Gasteiger partial charge in [-0.2, -0.15) is 0 Å². The van der Waals surface area contributed by atoms with E-state index in [-0.39, 0.29) is 5.91 Å². The molecular weight excluding hydrogens is 310 g/mol. The average molecular weight is 328 g/mol. The molecule has 1 amide bonds. The van der Waals surface area contributed by atoms with E-state index in [1.165, 1.54) is 0 Å². The summed E-state index contributed by atoms with van der Waals surface area (Å²) in [4.78, 5) is 16.6. The van der Waals surface area contributed by atoms with E-state index in [0.717, 1.165) is 29.8 Å². The number of rotatable bonds is 5. The molecule has 0 saturated carbocycles. The van der Waals surface area contributed by atoms with Gasteiger partial charge in [-0.1, -0.05) is 29.8 Å². The topological polar surface area (TPSA) is 46.9 Å². The standard InChI is InChI=1S/C18H18ClN3O/c1-13-21-16-8-2-3-9-17(16)22(13)11-5-10-20-18(23)14-6-4-7-15(19)12-14/h2-4,6-9,12H,5,10-11H2,1H3,(H,20,23). The fourth-order valence-corrected chi connectivity index (χ4v) is 2.84. The summed E-state index contributed by atoms with van der Waals surface area (Å²) in [5.74, 6) is 0.895. The number of nitrogens with zero attached hydrogens (tertiary/aromatic N) is 2. The highest BCUT2D eigenvalue weighted by Gasteiger charge is 2.07. The predicted molar refractivity (Wildman–Crippen MR) is 92.9 cm³/mol. The summed E-state index contributed by atoms with van der Waals surface area (Å²) in [6.45, 7) is 3.43. The lowest BCUT2D eigenvalue weighted by Crippen LogP contribution is -2.25. The number of hydrogen-bond acceptors (Lipinski definition) is 2. The second-order valence-corrected chi connectivity index (χ2v) is 5.86. The molecule has 1 aromatic heterocycles. The van der Waals surface area contributed by atoms with Crippen molar-refractivity contribution < 1.29 is 4.79 Å². The van der Waals surface area contributed by atoms with Gasteiger partial charge >= 0.3 is 0 Å². The van der Waals surface area contributed by atoms with Crippen molar-refractivity contribution in [2.45, 2.75) is 19.9 Å². The molecule has 3 aromatic rings. The lowest BCUT2D eigenvalue weighted by molar-refractivity contribution is 0.0953. The SMILES string of the molecule is Cc1nc2ccccc2n1CCCNC(=O)c1cccc(Cl)c1. The zero-order valence-electron chi connectivity index (χ0n) is 12.9. The summed E-state index contributed by atoms with van der Waals surface area (Å²) >= 11 is 5.90. The molecule has 1 N–H and O–H groups in total. The Hall–Kier alpha value is -2.33. The quantitative estimate of drug-likeness (QED) is 0.724. The maximum atomic E-state index is 12.0. The molecule has 0 aliphatic rings. The number of imidazole rings is 1. The number of aromatic nitrogens is 2. The van der Waals surface area contributed by atoms with Gasteiger partial charge in [0.15, 0.2) is 0 Å². The van der Waals surface area contributed by atoms with E-state index in [4.69, 9.17) is 11.6 Å². The zero-order chi connectivity index (χ0) is 16.2. The van der Waals surface area contributed by atoms with Crippen LogP contribution in [0, 0.1) is 6.92 Å². The van der Waals surface area contributed by atoms with Gasteiger partial charge in [0.25, 0.3) is 5.91 Å². The van der Waals surface area contributed by atoms with Gasteiger partial charge in [-0.15, -0.1) is 0 Å². The molecule has 0 fully saturated rings. The van der Waals surface area contributed by atoms with Crippen molar-refractivity contribution in [3.05, 3.63) is 64.9 Å². The number of amides is 1. The van der Waals surface area contributed by atoms with E-state index in [0.29, 0.717) is 17.1 Å². The monoisotopic (exact) mass is 327 g/mol. The molecule has 0 unspecified atom stereocenters. The normalized spacial score (nSPS) is 10.9. The van der Waals surface area contributed by atoms with E-state index in [9.17, 15) is 4.79 Å². The molecule has 0 aliphatic carbocycles. The van der Waals surface area contributed by atoms with E-state index in [2.05, 4.69) is 20.9 Å². The Balaban J connectivity index is 1.57. The summed E-state index contributed by atoms with van der Waals surface area (Å²) in [6.07, 6.45) is 0.841. The fraction of sp³-hybridized carbons (Fsp3) is 0.222. The third-order valence-corrected chi connectivity index (χ3v) is 4.01. The van der Waals surface area contributed by atoms with Crippen LogP contribution in [0.5, 0.6) is 0 Å². The molecule has 4 nitrogen and oxygen atoms in total. The summed E-state index contributed by atoms with van der Waals surface area (Å²) in [5.41, 5.74) is 2.72. The highest BCUT2D eigenvalue weighted by molar-refractivity contribution is 6.30. The minimum Gasteiger partial charge on any atom is -0.352 e. The maximum absolute atomic E-state index is 12.0. The summed E-state index contributed by atoms with van der Waals surface area (Å²) < 4.78 is 2.18. The molecule has 0 radical (unpaired) electrons. The van der Waals surface area contributed by atoms with Crippen LogP contribution in [0.25, 0.3) is 11.0 Å². The Morgan fingerprint density at radius 2 is 2.04 bits per heavy atom. The molecule has 0 saturated heterocycles. The van der Waals surface area contributed by atoms with E-state index in [1.54, 1.807) is 24.3 Å². The number of hydrogen-bond donors (Lipinski definition) is 1. The molecule has 118 valence electrons. The Morgan fingerprint density at radius 1 is 1.22 bits per heavy atom. The van der Waals surface area contributed by atoms with Gasteiger partial charge in [-0.3, -0.25) is 4.79 Å². The highest BCUT2D eigenvalue weighted by atomic mass is 35.5. The van der Waals surface area contributed by atoms with Crippen molar-refractivity contribution in [2.24, 2.45) is 0 Å². The lowest BCUT2D eigenvalue weighted by Gasteiger charge is -2.08. The first-order valence-corrected chi connectivity index (χ1v) is 7.98. The van der Waals surface area contributed by atoms with Crippen molar-refractivity contribution in [3.63, 3.8) is 0 Å². The zero-order valence-corrected chi connectivity index (χ0v) is 13.7. The second kappa shape index (κ2) is 6.84. The largest absolute Gasteiger partial charge is 0.352 e. The molecule has 2 aromatic carbocycles. The second-order valence-electron chi connectivity index (χ2n) is 5.42. The number of para-hydroxylation sites is 2. The van der Waals surface area contributed by atoms with Crippen LogP contribution in [-0.2, 0) is 6.54 Å². The molecule has 5 heteroatoms. The number of halogens is 1. The average Bonchev–Trinajstić information content (AvgIpc) is 2.87. The van der Waals surface area contributed by atoms with Gasteiger partial charge in [-0.05, 0) is 43.7 Å². The van der Waals surface area contributed by atoms with Crippen molar-refractivity contribution in [2.75, 3.05) is 6.54 Å². The number of carbonyl (C=O) groups is 1. The lowest BCUT2D eigenvalue weighted by atomic mass is 10.2. The Bertz CT molecular complexity index is 841. The third kappa shape index (κ3) is 3.54. The van der Waals surface area contributed by atoms with Gasteiger partial charge in [0.2, 0.25) is 0 Å². The number of aryl methyl sites for hydroxylation is 2. The minimum absolute atomic E-state index is 0.0975. The summed E-state index contributed by atoms with van der Waals surface area (Å²) in [7, 11) is 0. The number of fused-ring (bicyclic) bond motifs is 1. The van der Waals surface area contributed by atoms with Gasteiger partial charge in [0.05, 0.1) is 11.0 Å². The molecule has 0 bridgehead atoms. The van der Waals surface area contributed by atoms with Crippen molar-refractivity contribution in [1.29, 1.82) is 0 Å². The minimum atomic E-state index is -0.0975. The van der Waals surface area contributed by atoms with Gasteiger partial charge in [-0.25, -0.2) is 4.98 Å². The summed E-state index contributed by atoms with van der Waals surface area (Å²) in [6, 6.07) is 15.0. The van der Waals surface area contributed by atoms with Gasteiger partial charge in [0, 0.05) is 23.7 Å². The molecule has 0 spiro atoms. The molecule has 0 atom stereocenters. The molecular formula is C18H18ClN3O. The maximum Gasteiger partial charge on any atom is 0.251 e. The van der Waals surface area contributed by atoms with Crippen molar-refractivity contribution in [1.82, 2.24) is 14.9 Å². The van der Waals surface area contributed by atoms with E-state index >= 15 is 0 Å². The van der Waals surface area contributed by atoms with Gasteiger partial charge < -0.3 is 9.88 Å². The van der Waals surface area contributed by atoms with Crippen LogP contribution in [0.3, 0.4) is 0 Å². The third-order valence-electron chi connectivity index (χ3n) is 3.78. The van der Waals surface area contributed by atoms with E-state index in [1.807, 2.05) is 25.1 Å². The predicted octanol–water partition coefficient (Wildman–Crippen LogP) is 3.82. The van der Waals surface area contributed by atoms with Crippen LogP contribution in [0.4, 0.5) is 0 Å². The molecule has 3 rings (SSSR count). The fourth-order valence-electron chi connectivity index (χ4n) is 2.65. The number of nitrogens with one attached hydrogen (secondary N) is 1. The Kier molecular flexibility index (Phi) is 4.63. The van der Waals surface area contributed by atoms with Crippen LogP contribution in [-0.4, -0.2) is 22.0 Å². The molecule has 1 heterocycles. The summed E-state index contributed by atoms with van der Waals surface area (Å²) in [5, 5.41) is 3.49. The van der Waals surface area contributed by atoms with Gasteiger partial charge in [0.1, 0.15) is 5.82 Å². The number of benzene rings is 2. The van der Waals surface area contributed by atoms with E-state index < -0.39 is 0 Å². The van der Waals surface area contributed by atoms with Crippen LogP contribution in [0.2, 0.25) is 5.02 Å². The van der Waals surface area contributed by atoms with Crippen LogP contribution < -0.4 is 5.32 Å². The Labute approximate surface area is 140 Å². The van der Waals surface area contributed by atoms with Crippen LogP contribution in [0.15, 0.2) is 48.5 Å². The first kappa shape index (κ1) is 15.6. The van der Waals surface area contributed by atoms with Crippen molar-refractivity contribution >= 4 is 28.5 Å². The Morgan fingerprint density at radius 3 is 2.87 bits per heavy atom. The smallest absolute Gasteiger partial charge is 0.251 e. The molecule has 23 heavy (non-hydrogen) atoms. The number of carbonyl (C=O) groups excluding carboxylic acids is 1. The van der Waals surface area contributed by atoms with Crippen LogP contribution >= 0.6 is 11.6 Å². The van der Waals surface area contributed by atoms with Crippen LogP contribution in [0.1, 0.15) is 22.6 Å². The first-order chi connectivity index (χ1) is 11.1. The first-order valence-electron chi connectivity index (χ1n) is 7.61. The molecule has 0 aliphatic heterocycles.